The van der Waals surface area contributed by atoms with Crippen molar-refractivity contribution in [2.24, 2.45) is 0 Å². The van der Waals surface area contributed by atoms with Gasteiger partial charge in [0.15, 0.2) is 10.8 Å². The van der Waals surface area contributed by atoms with Crippen LogP contribution in [0.4, 0.5) is 0 Å². The molecule has 0 atom stereocenters. The van der Waals surface area contributed by atoms with Gasteiger partial charge in [-0.05, 0) is 13.0 Å². The Balaban J connectivity index is 1.64. The van der Waals surface area contributed by atoms with E-state index >= 15 is 0 Å². The summed E-state index contributed by atoms with van der Waals surface area (Å²) < 4.78 is 3.86. The Morgan fingerprint density at radius 1 is 1.42 bits per heavy atom. The van der Waals surface area contributed by atoms with Crippen LogP contribution in [-0.4, -0.2) is 30.7 Å². The number of fused-ring (bicyclic) bond motifs is 1. The molecule has 0 aliphatic rings. The van der Waals surface area contributed by atoms with E-state index in [2.05, 4.69) is 27.3 Å². The van der Waals surface area contributed by atoms with Gasteiger partial charge in [0.25, 0.3) is 0 Å². The van der Waals surface area contributed by atoms with Crippen molar-refractivity contribution in [3.05, 3.63) is 35.6 Å². The zero-order valence-electron chi connectivity index (χ0n) is 10.8. The maximum atomic E-state index is 4.53. The van der Waals surface area contributed by atoms with Crippen LogP contribution >= 0.6 is 11.3 Å². The van der Waals surface area contributed by atoms with Gasteiger partial charge in [-0.3, -0.25) is 4.40 Å². The number of nitrogens with one attached hydrogen (secondary N) is 1. The molecular formula is C12H16N6S. The molecule has 1 N–H and O–H groups in total. The summed E-state index contributed by atoms with van der Waals surface area (Å²) in [6, 6.07) is 0. The van der Waals surface area contributed by atoms with Gasteiger partial charge in [-0.1, -0.05) is 6.92 Å². The lowest BCUT2D eigenvalue weighted by Crippen LogP contribution is -2.15. The molecule has 0 saturated carbocycles. The summed E-state index contributed by atoms with van der Waals surface area (Å²) in [6.45, 7) is 4.52. The topological polar surface area (TPSA) is 60.0 Å². The number of hydrogen-bond donors (Lipinski definition) is 1. The Kier molecular flexibility index (Phi) is 3.56. The molecule has 6 nitrogen and oxygen atoms in total. The van der Waals surface area contributed by atoms with E-state index < -0.39 is 0 Å². The number of imidazole rings is 1. The molecule has 0 spiro atoms. The summed E-state index contributed by atoms with van der Waals surface area (Å²) in [6.07, 6.45) is 6.92. The Morgan fingerprint density at radius 3 is 3.21 bits per heavy atom. The fourth-order valence-electron chi connectivity index (χ4n) is 1.89. The predicted octanol–water partition coefficient (Wildman–Crippen LogP) is 1.54. The Labute approximate surface area is 115 Å². The van der Waals surface area contributed by atoms with Gasteiger partial charge in [0.2, 0.25) is 0 Å². The molecule has 0 aromatic carbocycles. The van der Waals surface area contributed by atoms with Crippen LogP contribution in [0.15, 0.2) is 24.1 Å². The van der Waals surface area contributed by atoms with Crippen molar-refractivity contribution in [3.8, 4) is 0 Å². The summed E-state index contributed by atoms with van der Waals surface area (Å²) in [7, 11) is 0. The molecule has 3 heterocycles. The summed E-state index contributed by atoms with van der Waals surface area (Å²) in [5.41, 5.74) is 1.00. The standard InChI is InChI=1S/C12H16N6S/c1-2-3-13-6-11-14-9-18(16-11)8-10-7-17-4-5-19-12(17)15-10/h4-5,7,9,13H,2-3,6,8H2,1H3. The third-order valence-electron chi connectivity index (χ3n) is 2.76. The molecule has 0 amide bonds. The predicted molar refractivity (Wildman–Crippen MR) is 74.2 cm³/mol. The first-order chi connectivity index (χ1) is 9.35. The van der Waals surface area contributed by atoms with E-state index in [0.29, 0.717) is 6.54 Å². The molecule has 3 aromatic heterocycles. The zero-order chi connectivity index (χ0) is 13.1. The normalized spacial score (nSPS) is 11.4. The second-order valence-electron chi connectivity index (χ2n) is 4.36. The van der Waals surface area contributed by atoms with Gasteiger partial charge in [-0.25, -0.2) is 14.6 Å². The largest absolute Gasteiger partial charge is 0.310 e. The zero-order valence-corrected chi connectivity index (χ0v) is 11.6. The number of aromatic nitrogens is 5. The second-order valence-corrected chi connectivity index (χ2v) is 5.23. The van der Waals surface area contributed by atoms with Crippen molar-refractivity contribution in [2.45, 2.75) is 26.4 Å². The molecule has 0 aliphatic heterocycles. The first-order valence-corrected chi connectivity index (χ1v) is 7.23. The quantitative estimate of drug-likeness (QED) is 0.694. The van der Waals surface area contributed by atoms with Gasteiger partial charge < -0.3 is 5.32 Å². The molecule has 0 fully saturated rings. The van der Waals surface area contributed by atoms with Crippen LogP contribution in [0.2, 0.25) is 0 Å². The van der Waals surface area contributed by atoms with Crippen molar-refractivity contribution in [1.29, 1.82) is 0 Å². The highest BCUT2D eigenvalue weighted by Crippen LogP contribution is 2.11. The Hall–Kier alpha value is -1.73. The van der Waals surface area contributed by atoms with Crippen LogP contribution in [0.1, 0.15) is 24.9 Å². The van der Waals surface area contributed by atoms with E-state index in [1.54, 1.807) is 17.7 Å². The minimum atomic E-state index is 0.662. The highest BCUT2D eigenvalue weighted by molar-refractivity contribution is 7.15. The van der Waals surface area contributed by atoms with Gasteiger partial charge in [0, 0.05) is 17.8 Å². The van der Waals surface area contributed by atoms with E-state index in [4.69, 9.17) is 0 Å². The van der Waals surface area contributed by atoms with E-state index in [9.17, 15) is 0 Å². The van der Waals surface area contributed by atoms with E-state index in [0.717, 1.165) is 36.0 Å². The molecule has 19 heavy (non-hydrogen) atoms. The molecule has 0 bridgehead atoms. The lowest BCUT2D eigenvalue weighted by molar-refractivity contribution is 0.622. The minimum Gasteiger partial charge on any atom is -0.310 e. The summed E-state index contributed by atoms with van der Waals surface area (Å²) in [5.74, 6) is 0.828. The lowest BCUT2D eigenvalue weighted by atomic mass is 10.5. The minimum absolute atomic E-state index is 0.662. The van der Waals surface area contributed by atoms with Crippen molar-refractivity contribution in [1.82, 2.24) is 29.5 Å². The van der Waals surface area contributed by atoms with E-state index in [-0.39, 0.29) is 0 Å². The van der Waals surface area contributed by atoms with Gasteiger partial charge in [-0.15, -0.1) is 11.3 Å². The summed E-state index contributed by atoms with van der Waals surface area (Å²) in [5, 5.41) is 9.75. The Bertz CT molecular complexity index is 623. The van der Waals surface area contributed by atoms with Crippen LogP contribution in [-0.2, 0) is 13.1 Å². The van der Waals surface area contributed by atoms with Crippen LogP contribution in [0.25, 0.3) is 4.96 Å². The van der Waals surface area contributed by atoms with E-state index in [1.165, 1.54) is 0 Å². The van der Waals surface area contributed by atoms with Gasteiger partial charge in [0.05, 0.1) is 18.8 Å². The highest BCUT2D eigenvalue weighted by Gasteiger charge is 2.05. The molecule has 0 saturated heterocycles. The maximum Gasteiger partial charge on any atom is 0.193 e. The van der Waals surface area contributed by atoms with Crippen LogP contribution in [0.3, 0.4) is 0 Å². The number of rotatable bonds is 6. The van der Waals surface area contributed by atoms with Crippen molar-refractivity contribution < 1.29 is 0 Å². The molecule has 7 heteroatoms. The molecule has 0 unspecified atom stereocenters. The number of nitrogens with zero attached hydrogens (tertiary/aromatic N) is 5. The van der Waals surface area contributed by atoms with Gasteiger partial charge in [-0.2, -0.15) is 5.10 Å². The Morgan fingerprint density at radius 2 is 2.37 bits per heavy atom. The SMILES string of the molecule is CCCNCc1ncn(Cc2cn3ccsc3n2)n1. The molecule has 0 radical (unpaired) electrons. The summed E-state index contributed by atoms with van der Waals surface area (Å²) in [4.78, 5) is 9.83. The monoisotopic (exact) mass is 276 g/mol. The first kappa shape index (κ1) is 12.3. The first-order valence-electron chi connectivity index (χ1n) is 6.35. The molecule has 3 aromatic rings. The fourth-order valence-corrected chi connectivity index (χ4v) is 2.60. The van der Waals surface area contributed by atoms with Crippen molar-refractivity contribution >= 4 is 16.3 Å². The number of hydrogen-bond acceptors (Lipinski definition) is 5. The van der Waals surface area contributed by atoms with Crippen molar-refractivity contribution in [2.75, 3.05) is 6.54 Å². The van der Waals surface area contributed by atoms with Crippen LogP contribution in [0, 0.1) is 0 Å². The molecule has 3 rings (SSSR count). The third-order valence-corrected chi connectivity index (χ3v) is 3.53. The van der Waals surface area contributed by atoms with E-state index in [1.807, 2.05) is 26.9 Å². The molecular weight excluding hydrogens is 260 g/mol. The molecule has 0 aliphatic carbocycles. The third kappa shape index (κ3) is 2.82. The summed E-state index contributed by atoms with van der Waals surface area (Å²) >= 11 is 1.63. The van der Waals surface area contributed by atoms with Gasteiger partial charge in [0.1, 0.15) is 6.33 Å². The highest BCUT2D eigenvalue weighted by atomic mass is 32.1. The van der Waals surface area contributed by atoms with Gasteiger partial charge >= 0.3 is 0 Å². The maximum absolute atomic E-state index is 4.53. The van der Waals surface area contributed by atoms with Crippen molar-refractivity contribution in [3.63, 3.8) is 0 Å². The number of thiazole rings is 1. The molecule has 100 valence electrons. The fraction of sp³-hybridized carbons (Fsp3) is 0.417. The lowest BCUT2D eigenvalue weighted by Gasteiger charge is -1.98. The second kappa shape index (κ2) is 5.50. The van der Waals surface area contributed by atoms with Crippen LogP contribution in [0.5, 0.6) is 0 Å². The average molecular weight is 276 g/mol. The average Bonchev–Trinajstić information content (AvgIpc) is 3.06. The van der Waals surface area contributed by atoms with Crippen LogP contribution < -0.4 is 5.32 Å². The smallest absolute Gasteiger partial charge is 0.193 e.